The quantitative estimate of drug-likeness (QED) is 0.755. The molecular formula is C13H20O2. The molecule has 0 saturated heterocycles. The molecule has 1 rings (SSSR count). The Hall–Kier alpha value is -1.18. The van der Waals surface area contributed by atoms with Gasteiger partial charge in [0.1, 0.15) is 0 Å². The Labute approximate surface area is 92.2 Å². The Balaban J connectivity index is 3.27. The van der Waals surface area contributed by atoms with Crippen molar-refractivity contribution >= 4 is 0 Å². The third-order valence-electron chi connectivity index (χ3n) is 2.65. The molecule has 1 aromatic carbocycles. The maximum absolute atomic E-state index is 5.30. The molecule has 0 aliphatic heterocycles. The summed E-state index contributed by atoms with van der Waals surface area (Å²) in [6.45, 7) is 6.55. The molecule has 0 aliphatic carbocycles. The van der Waals surface area contributed by atoms with E-state index in [1.54, 1.807) is 14.2 Å². The van der Waals surface area contributed by atoms with E-state index < -0.39 is 0 Å². The summed E-state index contributed by atoms with van der Waals surface area (Å²) < 4.78 is 10.6. The second-order valence-corrected chi connectivity index (χ2v) is 3.91. The Morgan fingerprint density at radius 2 is 1.60 bits per heavy atom. The SMILES string of the molecule is CCc1cc(OC)c(OC)cc1C(C)C. The fraction of sp³-hybridized carbons (Fsp3) is 0.538. The van der Waals surface area contributed by atoms with Crippen LogP contribution in [0.5, 0.6) is 11.5 Å². The number of rotatable bonds is 4. The molecule has 0 aliphatic rings. The predicted octanol–water partition coefficient (Wildman–Crippen LogP) is 3.39. The fourth-order valence-electron chi connectivity index (χ4n) is 1.78. The third kappa shape index (κ3) is 2.44. The molecule has 0 aromatic heterocycles. The Bertz CT molecular complexity index is 330. The predicted molar refractivity (Wildman–Crippen MR) is 63.0 cm³/mol. The smallest absolute Gasteiger partial charge is 0.161 e. The van der Waals surface area contributed by atoms with Crippen LogP contribution in [0.1, 0.15) is 37.8 Å². The monoisotopic (exact) mass is 208 g/mol. The van der Waals surface area contributed by atoms with Gasteiger partial charge in [-0.2, -0.15) is 0 Å². The number of ether oxygens (including phenoxy) is 2. The maximum Gasteiger partial charge on any atom is 0.161 e. The summed E-state index contributed by atoms with van der Waals surface area (Å²) in [6, 6.07) is 4.16. The van der Waals surface area contributed by atoms with Crippen molar-refractivity contribution in [1.82, 2.24) is 0 Å². The molecule has 0 bridgehead atoms. The van der Waals surface area contributed by atoms with Gasteiger partial charge in [-0.1, -0.05) is 20.8 Å². The van der Waals surface area contributed by atoms with E-state index in [4.69, 9.17) is 9.47 Å². The van der Waals surface area contributed by atoms with Crippen molar-refractivity contribution in [3.05, 3.63) is 23.3 Å². The number of hydrogen-bond donors (Lipinski definition) is 0. The van der Waals surface area contributed by atoms with Crippen LogP contribution in [0.3, 0.4) is 0 Å². The van der Waals surface area contributed by atoms with Crippen molar-refractivity contribution in [1.29, 1.82) is 0 Å². The van der Waals surface area contributed by atoms with E-state index in [9.17, 15) is 0 Å². The molecular weight excluding hydrogens is 188 g/mol. The van der Waals surface area contributed by atoms with E-state index in [-0.39, 0.29) is 0 Å². The highest BCUT2D eigenvalue weighted by Gasteiger charge is 2.11. The number of hydrogen-bond acceptors (Lipinski definition) is 2. The van der Waals surface area contributed by atoms with Crippen LogP contribution in [-0.2, 0) is 6.42 Å². The third-order valence-corrected chi connectivity index (χ3v) is 2.65. The van der Waals surface area contributed by atoms with Crippen LogP contribution in [0.15, 0.2) is 12.1 Å². The van der Waals surface area contributed by atoms with Crippen LogP contribution in [0.2, 0.25) is 0 Å². The Morgan fingerprint density at radius 1 is 1.07 bits per heavy atom. The first-order chi connectivity index (χ1) is 7.13. The van der Waals surface area contributed by atoms with Gasteiger partial charge in [0, 0.05) is 0 Å². The molecule has 2 nitrogen and oxygen atoms in total. The lowest BCUT2D eigenvalue weighted by molar-refractivity contribution is 0.354. The summed E-state index contributed by atoms with van der Waals surface area (Å²) in [4.78, 5) is 0. The second kappa shape index (κ2) is 5.06. The Kier molecular flexibility index (Phi) is 4.01. The van der Waals surface area contributed by atoms with Crippen LogP contribution in [0.4, 0.5) is 0 Å². The van der Waals surface area contributed by atoms with Crippen LogP contribution < -0.4 is 9.47 Å². The van der Waals surface area contributed by atoms with Gasteiger partial charge in [0.15, 0.2) is 11.5 Å². The highest BCUT2D eigenvalue weighted by Crippen LogP contribution is 2.33. The van der Waals surface area contributed by atoms with Crippen LogP contribution >= 0.6 is 0 Å². The average Bonchev–Trinajstić information content (AvgIpc) is 2.26. The largest absolute Gasteiger partial charge is 0.493 e. The lowest BCUT2D eigenvalue weighted by Gasteiger charge is -2.16. The first-order valence-corrected chi connectivity index (χ1v) is 5.38. The maximum atomic E-state index is 5.30. The molecule has 2 heteroatoms. The summed E-state index contributed by atoms with van der Waals surface area (Å²) in [7, 11) is 3.35. The Morgan fingerprint density at radius 3 is 2.00 bits per heavy atom. The molecule has 0 saturated carbocycles. The molecule has 15 heavy (non-hydrogen) atoms. The zero-order chi connectivity index (χ0) is 11.4. The van der Waals surface area contributed by atoms with E-state index in [1.165, 1.54) is 11.1 Å². The van der Waals surface area contributed by atoms with E-state index in [0.717, 1.165) is 17.9 Å². The molecule has 0 radical (unpaired) electrons. The number of benzene rings is 1. The molecule has 0 amide bonds. The molecule has 0 N–H and O–H groups in total. The van der Waals surface area contributed by atoms with Crippen LogP contribution in [0.25, 0.3) is 0 Å². The molecule has 0 spiro atoms. The number of methoxy groups -OCH3 is 2. The van der Waals surface area contributed by atoms with E-state index >= 15 is 0 Å². The van der Waals surface area contributed by atoms with Gasteiger partial charge in [-0.25, -0.2) is 0 Å². The molecule has 0 fully saturated rings. The molecule has 84 valence electrons. The first kappa shape index (κ1) is 11.9. The fourth-order valence-corrected chi connectivity index (χ4v) is 1.78. The molecule has 0 atom stereocenters. The zero-order valence-electron chi connectivity index (χ0n) is 10.3. The van der Waals surface area contributed by atoms with Crippen molar-refractivity contribution in [2.75, 3.05) is 14.2 Å². The second-order valence-electron chi connectivity index (χ2n) is 3.91. The van der Waals surface area contributed by atoms with Gasteiger partial charge in [0.25, 0.3) is 0 Å². The lowest BCUT2D eigenvalue weighted by Crippen LogP contribution is -1.99. The van der Waals surface area contributed by atoms with Crippen LogP contribution in [0, 0.1) is 0 Å². The standard InChI is InChI=1S/C13H20O2/c1-6-10-7-12(14-4)13(15-5)8-11(10)9(2)3/h7-9H,6H2,1-5H3. The van der Waals surface area contributed by atoms with E-state index in [0.29, 0.717) is 5.92 Å². The van der Waals surface area contributed by atoms with Gasteiger partial charge in [-0.3, -0.25) is 0 Å². The molecule has 0 heterocycles. The minimum atomic E-state index is 0.514. The van der Waals surface area contributed by atoms with Gasteiger partial charge in [-0.15, -0.1) is 0 Å². The topological polar surface area (TPSA) is 18.5 Å². The summed E-state index contributed by atoms with van der Waals surface area (Å²) in [6.07, 6.45) is 1.02. The van der Waals surface area contributed by atoms with Crippen molar-refractivity contribution in [2.45, 2.75) is 33.1 Å². The number of aryl methyl sites for hydroxylation is 1. The summed E-state index contributed by atoms with van der Waals surface area (Å²) in [5.74, 6) is 2.15. The van der Waals surface area contributed by atoms with Crippen molar-refractivity contribution < 1.29 is 9.47 Å². The molecule has 0 unspecified atom stereocenters. The molecule has 1 aromatic rings. The van der Waals surface area contributed by atoms with E-state index in [2.05, 4.69) is 32.9 Å². The van der Waals surface area contributed by atoms with Gasteiger partial charge >= 0.3 is 0 Å². The first-order valence-electron chi connectivity index (χ1n) is 5.38. The summed E-state index contributed by atoms with van der Waals surface area (Å²) in [5.41, 5.74) is 2.68. The highest BCUT2D eigenvalue weighted by atomic mass is 16.5. The van der Waals surface area contributed by atoms with Gasteiger partial charge in [0.05, 0.1) is 14.2 Å². The summed E-state index contributed by atoms with van der Waals surface area (Å²) in [5, 5.41) is 0. The van der Waals surface area contributed by atoms with Gasteiger partial charge in [0.2, 0.25) is 0 Å². The highest BCUT2D eigenvalue weighted by molar-refractivity contribution is 5.48. The minimum absolute atomic E-state index is 0.514. The van der Waals surface area contributed by atoms with Crippen molar-refractivity contribution in [3.63, 3.8) is 0 Å². The van der Waals surface area contributed by atoms with Crippen molar-refractivity contribution in [3.8, 4) is 11.5 Å². The van der Waals surface area contributed by atoms with E-state index in [1.807, 2.05) is 0 Å². The normalized spacial score (nSPS) is 10.5. The summed E-state index contributed by atoms with van der Waals surface area (Å²) >= 11 is 0. The average molecular weight is 208 g/mol. The van der Waals surface area contributed by atoms with Crippen LogP contribution in [-0.4, -0.2) is 14.2 Å². The zero-order valence-corrected chi connectivity index (χ0v) is 10.3. The minimum Gasteiger partial charge on any atom is -0.493 e. The van der Waals surface area contributed by atoms with Gasteiger partial charge in [-0.05, 0) is 35.6 Å². The van der Waals surface area contributed by atoms with Gasteiger partial charge < -0.3 is 9.47 Å². The lowest BCUT2D eigenvalue weighted by atomic mass is 9.95. The van der Waals surface area contributed by atoms with Crippen molar-refractivity contribution in [2.24, 2.45) is 0 Å².